The highest BCUT2D eigenvalue weighted by Crippen LogP contribution is 2.17. The summed E-state index contributed by atoms with van der Waals surface area (Å²) in [5, 5.41) is 0.630. The van der Waals surface area contributed by atoms with Crippen molar-refractivity contribution in [1.82, 2.24) is 9.55 Å². The van der Waals surface area contributed by atoms with Gasteiger partial charge in [0.05, 0.1) is 0 Å². The Kier molecular flexibility index (Phi) is 6.63. The molecule has 0 saturated carbocycles. The molecule has 0 spiro atoms. The van der Waals surface area contributed by atoms with Crippen molar-refractivity contribution >= 4 is 29.0 Å². The van der Waals surface area contributed by atoms with E-state index in [9.17, 15) is 14.4 Å². The number of aromatic nitrogens is 2. The van der Waals surface area contributed by atoms with E-state index in [0.717, 1.165) is 18.4 Å². The van der Waals surface area contributed by atoms with Crippen molar-refractivity contribution < 1.29 is 4.79 Å². The fourth-order valence-corrected chi connectivity index (χ4v) is 2.76. The number of H-pyrrole nitrogens is 1. The van der Waals surface area contributed by atoms with Gasteiger partial charge in [-0.3, -0.25) is 19.1 Å². The van der Waals surface area contributed by atoms with E-state index in [2.05, 4.69) is 4.98 Å². The highest BCUT2D eigenvalue weighted by Gasteiger charge is 2.20. The van der Waals surface area contributed by atoms with Gasteiger partial charge in [-0.25, -0.2) is 4.79 Å². The van der Waals surface area contributed by atoms with Crippen LogP contribution in [0.5, 0.6) is 0 Å². The summed E-state index contributed by atoms with van der Waals surface area (Å²) in [4.78, 5) is 40.1. The van der Waals surface area contributed by atoms with E-state index in [0.29, 0.717) is 18.0 Å². The van der Waals surface area contributed by atoms with E-state index in [-0.39, 0.29) is 23.8 Å². The Morgan fingerprint density at radius 1 is 1.27 bits per heavy atom. The summed E-state index contributed by atoms with van der Waals surface area (Å²) in [7, 11) is 1.49. The molecule has 3 N–H and O–H groups in total. The number of carbonyl (C=O) groups is 1. The quantitative estimate of drug-likeness (QED) is 0.770. The minimum Gasteiger partial charge on any atom is -0.383 e. The number of halogens is 1. The Morgan fingerprint density at radius 3 is 2.54 bits per heavy atom. The summed E-state index contributed by atoms with van der Waals surface area (Å²) < 4.78 is 1.29. The number of anilines is 2. The third-order valence-electron chi connectivity index (χ3n) is 4.20. The maximum absolute atomic E-state index is 12.5. The van der Waals surface area contributed by atoms with Gasteiger partial charge in [0.2, 0.25) is 5.91 Å². The first-order chi connectivity index (χ1) is 12.3. The van der Waals surface area contributed by atoms with E-state index >= 15 is 0 Å². The second-order valence-corrected chi connectivity index (χ2v) is 6.51. The molecule has 0 saturated heterocycles. The van der Waals surface area contributed by atoms with Gasteiger partial charge in [-0.2, -0.15) is 0 Å². The standard InChI is InChI=1S/C18H23ClN4O3/c1-3-4-11-23-16(20)15(17(25)21-18(23)26)22(2)14(24)10-7-12-5-8-13(19)9-6-12/h5-6,8-9H,3-4,7,10-11,20H2,1-2H3,(H,21,25,26). The lowest BCUT2D eigenvalue weighted by molar-refractivity contribution is -0.118. The zero-order valence-corrected chi connectivity index (χ0v) is 15.7. The van der Waals surface area contributed by atoms with Crippen LogP contribution < -0.4 is 21.9 Å². The number of hydrogen-bond acceptors (Lipinski definition) is 4. The van der Waals surface area contributed by atoms with Crippen LogP contribution in [0.25, 0.3) is 0 Å². The molecule has 0 atom stereocenters. The molecule has 26 heavy (non-hydrogen) atoms. The second-order valence-electron chi connectivity index (χ2n) is 6.08. The Labute approximate surface area is 156 Å². The molecule has 1 amide bonds. The average molecular weight is 379 g/mol. The highest BCUT2D eigenvalue weighted by molar-refractivity contribution is 6.30. The first-order valence-corrected chi connectivity index (χ1v) is 8.86. The van der Waals surface area contributed by atoms with E-state index in [4.69, 9.17) is 17.3 Å². The summed E-state index contributed by atoms with van der Waals surface area (Å²) in [6.07, 6.45) is 2.32. The molecule has 1 aromatic carbocycles. The summed E-state index contributed by atoms with van der Waals surface area (Å²) in [5.74, 6) is -0.257. The lowest BCUT2D eigenvalue weighted by Gasteiger charge is -2.20. The Bertz CT molecular complexity index is 887. The van der Waals surface area contributed by atoms with Crippen LogP contribution in [-0.4, -0.2) is 22.5 Å². The number of nitrogens with two attached hydrogens (primary N) is 1. The zero-order valence-electron chi connectivity index (χ0n) is 14.9. The van der Waals surface area contributed by atoms with Crippen LogP contribution >= 0.6 is 11.6 Å². The molecular formula is C18H23ClN4O3. The number of aromatic amines is 1. The Balaban J connectivity index is 2.20. The van der Waals surface area contributed by atoms with Gasteiger partial charge in [0.15, 0.2) is 5.69 Å². The predicted molar refractivity (Wildman–Crippen MR) is 104 cm³/mol. The second kappa shape index (κ2) is 8.71. The SMILES string of the molecule is CCCCn1c(N)c(N(C)C(=O)CCc2ccc(Cl)cc2)c(=O)[nH]c1=O. The minimum absolute atomic E-state index is 0.00168. The molecule has 8 heteroatoms. The third-order valence-corrected chi connectivity index (χ3v) is 4.45. The van der Waals surface area contributed by atoms with Crippen molar-refractivity contribution in [3.63, 3.8) is 0 Å². The Morgan fingerprint density at radius 2 is 1.92 bits per heavy atom. The fraction of sp³-hybridized carbons (Fsp3) is 0.389. The fourth-order valence-electron chi connectivity index (χ4n) is 2.63. The van der Waals surface area contributed by atoms with Crippen LogP contribution in [0.3, 0.4) is 0 Å². The van der Waals surface area contributed by atoms with E-state index in [1.54, 1.807) is 12.1 Å². The molecule has 0 fully saturated rings. The molecule has 0 unspecified atom stereocenters. The first kappa shape index (κ1) is 19.8. The van der Waals surface area contributed by atoms with Crippen molar-refractivity contribution in [2.24, 2.45) is 0 Å². The van der Waals surface area contributed by atoms with E-state index in [1.165, 1.54) is 16.5 Å². The molecule has 0 radical (unpaired) electrons. The lowest BCUT2D eigenvalue weighted by atomic mass is 10.1. The van der Waals surface area contributed by atoms with Crippen molar-refractivity contribution in [2.75, 3.05) is 17.7 Å². The topological polar surface area (TPSA) is 101 Å². The number of carbonyl (C=O) groups excluding carboxylic acids is 1. The highest BCUT2D eigenvalue weighted by atomic mass is 35.5. The van der Waals surface area contributed by atoms with E-state index in [1.807, 2.05) is 19.1 Å². The van der Waals surface area contributed by atoms with Gasteiger partial charge in [-0.05, 0) is 30.5 Å². The summed E-state index contributed by atoms with van der Waals surface area (Å²) in [6.45, 7) is 2.37. The smallest absolute Gasteiger partial charge is 0.330 e. The van der Waals surface area contributed by atoms with Crippen molar-refractivity contribution in [2.45, 2.75) is 39.2 Å². The molecule has 0 aliphatic carbocycles. The van der Waals surface area contributed by atoms with Gasteiger partial charge in [0.1, 0.15) is 5.82 Å². The van der Waals surface area contributed by atoms with Crippen LogP contribution in [0, 0.1) is 0 Å². The largest absolute Gasteiger partial charge is 0.383 e. The van der Waals surface area contributed by atoms with Crippen LogP contribution in [0.1, 0.15) is 31.7 Å². The number of amides is 1. The number of nitrogen functional groups attached to an aromatic ring is 1. The lowest BCUT2D eigenvalue weighted by Crippen LogP contribution is -2.39. The molecule has 0 aliphatic rings. The maximum Gasteiger partial charge on any atom is 0.330 e. The number of aryl methyl sites for hydroxylation is 1. The normalized spacial score (nSPS) is 10.7. The maximum atomic E-state index is 12.5. The van der Waals surface area contributed by atoms with Gasteiger partial charge in [0.25, 0.3) is 5.56 Å². The molecule has 2 aromatic rings. The van der Waals surface area contributed by atoms with Crippen molar-refractivity contribution in [1.29, 1.82) is 0 Å². The van der Waals surface area contributed by atoms with E-state index < -0.39 is 11.2 Å². The average Bonchev–Trinajstić information content (AvgIpc) is 2.60. The molecular weight excluding hydrogens is 356 g/mol. The number of unbranched alkanes of at least 4 members (excludes halogenated alkanes) is 1. The molecule has 1 heterocycles. The van der Waals surface area contributed by atoms with Crippen LogP contribution in [0.4, 0.5) is 11.5 Å². The van der Waals surface area contributed by atoms with Crippen LogP contribution in [0.15, 0.2) is 33.9 Å². The summed E-state index contributed by atoms with van der Waals surface area (Å²) >= 11 is 5.85. The van der Waals surface area contributed by atoms with Gasteiger partial charge in [-0.1, -0.05) is 37.1 Å². The molecule has 0 aliphatic heterocycles. The predicted octanol–water partition coefficient (Wildman–Crippen LogP) is 2.17. The van der Waals surface area contributed by atoms with Gasteiger partial charge < -0.3 is 10.6 Å². The monoisotopic (exact) mass is 378 g/mol. The van der Waals surface area contributed by atoms with Gasteiger partial charge in [-0.15, -0.1) is 0 Å². The number of benzene rings is 1. The van der Waals surface area contributed by atoms with Crippen LogP contribution in [0.2, 0.25) is 5.02 Å². The molecule has 0 bridgehead atoms. The number of nitrogens with zero attached hydrogens (tertiary/aromatic N) is 2. The number of hydrogen-bond donors (Lipinski definition) is 2. The first-order valence-electron chi connectivity index (χ1n) is 8.48. The summed E-state index contributed by atoms with van der Waals surface area (Å²) in [6, 6.07) is 7.22. The van der Waals surface area contributed by atoms with Gasteiger partial charge in [0, 0.05) is 25.0 Å². The third kappa shape index (κ3) is 4.54. The number of rotatable bonds is 7. The van der Waals surface area contributed by atoms with Crippen LogP contribution in [-0.2, 0) is 17.8 Å². The zero-order chi connectivity index (χ0) is 19.3. The molecule has 2 rings (SSSR count). The number of nitrogens with one attached hydrogen (secondary N) is 1. The molecule has 7 nitrogen and oxygen atoms in total. The molecule has 140 valence electrons. The Hall–Kier alpha value is -2.54. The minimum atomic E-state index is -0.664. The molecule has 1 aromatic heterocycles. The summed E-state index contributed by atoms with van der Waals surface area (Å²) in [5.41, 5.74) is 5.76. The van der Waals surface area contributed by atoms with Crippen molar-refractivity contribution in [3.05, 3.63) is 55.7 Å². The van der Waals surface area contributed by atoms with Gasteiger partial charge >= 0.3 is 5.69 Å². The van der Waals surface area contributed by atoms with Crippen molar-refractivity contribution in [3.8, 4) is 0 Å².